The van der Waals surface area contributed by atoms with Gasteiger partial charge < -0.3 is 24.0 Å². The molecular weight excluding hydrogens is 539 g/mol. The Bertz CT molecular complexity index is 1270. The number of pyridine rings is 1. The van der Waals surface area contributed by atoms with Gasteiger partial charge in [-0.2, -0.15) is 8.78 Å². The maximum absolute atomic E-state index is 13.9. The third-order valence-corrected chi connectivity index (χ3v) is 7.54. The first-order chi connectivity index (χ1) is 19.9. The fourth-order valence-corrected chi connectivity index (χ4v) is 5.54. The minimum Gasteiger partial charge on any atom is -0.434 e. The van der Waals surface area contributed by atoms with E-state index in [1.54, 1.807) is 32.4 Å². The van der Waals surface area contributed by atoms with Gasteiger partial charge in [-0.05, 0) is 55.7 Å². The highest BCUT2D eigenvalue weighted by Gasteiger charge is 2.36. The Morgan fingerprint density at radius 2 is 1.78 bits per heavy atom. The van der Waals surface area contributed by atoms with E-state index >= 15 is 0 Å². The van der Waals surface area contributed by atoms with Crippen LogP contribution in [0.25, 0.3) is 11.3 Å². The number of ether oxygens (including phenoxy) is 2. The zero-order chi connectivity index (χ0) is 29.4. The number of anilines is 1. The van der Waals surface area contributed by atoms with E-state index in [-0.39, 0.29) is 24.1 Å². The number of aliphatic hydroxyl groups excluding tert-OH is 1. The number of benzene rings is 1. The normalized spacial score (nSPS) is 19.5. The number of carbonyl (C=O) groups excluding carboxylic acids is 1. The van der Waals surface area contributed by atoms with Crippen LogP contribution in [0.4, 0.5) is 19.0 Å². The van der Waals surface area contributed by atoms with Crippen LogP contribution in [0.2, 0.25) is 0 Å². The molecule has 6 rings (SSSR count). The van der Waals surface area contributed by atoms with Gasteiger partial charge in [-0.3, -0.25) is 4.79 Å². The summed E-state index contributed by atoms with van der Waals surface area (Å²) in [6, 6.07) is 7.62. The molecule has 0 radical (unpaired) electrons. The first kappa shape index (κ1) is 30.5. The van der Waals surface area contributed by atoms with Crippen LogP contribution < -0.4 is 9.64 Å². The number of carbonyl (C=O) groups is 1. The standard InChI is InChI=1S/C14H13F2NO3.C14H17FN2O.C2H6O/c15-14(16)19-11-4-2-1-3-9(11)12-10(7-18)13(20-17-12)8-5-6-8;15-13-5-10(9-18)6-16-14(13)17-7-11-3-1-2-4-12(11)8-17;1-3-2/h1-4,8,14,18H,5-7H2;5-6,9,11-12H,1-4,7-8H2;1-2H3. The van der Waals surface area contributed by atoms with E-state index in [0.717, 1.165) is 25.9 Å². The number of aldehydes is 1. The fraction of sp³-hybridized carbons (Fsp3) is 0.500. The topological polar surface area (TPSA) is 97.9 Å². The lowest BCUT2D eigenvalue weighted by atomic mass is 9.82. The first-order valence-corrected chi connectivity index (χ1v) is 13.8. The number of methoxy groups -OCH3 is 1. The molecule has 2 aliphatic carbocycles. The number of halogens is 3. The largest absolute Gasteiger partial charge is 0.434 e. The lowest BCUT2D eigenvalue weighted by Gasteiger charge is -2.22. The summed E-state index contributed by atoms with van der Waals surface area (Å²) < 4.78 is 52.8. The van der Waals surface area contributed by atoms with E-state index in [1.807, 2.05) is 4.90 Å². The molecule has 11 heteroatoms. The summed E-state index contributed by atoms with van der Waals surface area (Å²) in [5.41, 5.74) is 1.61. The summed E-state index contributed by atoms with van der Waals surface area (Å²) >= 11 is 0. The summed E-state index contributed by atoms with van der Waals surface area (Å²) in [6.45, 7) is -1.33. The minimum absolute atomic E-state index is 0.0212. The van der Waals surface area contributed by atoms with Crippen molar-refractivity contribution in [2.45, 2.75) is 57.7 Å². The molecule has 3 aliphatic rings. The Labute approximate surface area is 237 Å². The van der Waals surface area contributed by atoms with Crippen LogP contribution in [0.5, 0.6) is 5.75 Å². The molecule has 8 nitrogen and oxygen atoms in total. The van der Waals surface area contributed by atoms with Crippen LogP contribution >= 0.6 is 0 Å². The zero-order valence-corrected chi connectivity index (χ0v) is 23.3. The molecule has 1 aromatic carbocycles. The number of nitrogens with zero attached hydrogens (tertiary/aromatic N) is 3. The Morgan fingerprint density at radius 1 is 1.12 bits per heavy atom. The molecule has 0 bridgehead atoms. The zero-order valence-electron chi connectivity index (χ0n) is 23.3. The Kier molecular flexibility index (Phi) is 10.8. The van der Waals surface area contributed by atoms with Gasteiger partial charge in [-0.15, -0.1) is 0 Å². The van der Waals surface area contributed by atoms with E-state index < -0.39 is 6.61 Å². The van der Waals surface area contributed by atoms with Crippen molar-refractivity contribution in [3.05, 3.63) is 59.2 Å². The van der Waals surface area contributed by atoms with Crippen LogP contribution in [0.15, 0.2) is 41.1 Å². The highest BCUT2D eigenvalue weighted by atomic mass is 19.3. The summed E-state index contributed by atoms with van der Waals surface area (Å²) in [5, 5.41) is 13.4. The van der Waals surface area contributed by atoms with E-state index in [2.05, 4.69) is 19.6 Å². The summed E-state index contributed by atoms with van der Waals surface area (Å²) in [7, 11) is 3.25. The average molecular weight is 576 g/mol. The van der Waals surface area contributed by atoms with E-state index in [4.69, 9.17) is 4.52 Å². The van der Waals surface area contributed by atoms with Crippen molar-refractivity contribution in [2.24, 2.45) is 11.8 Å². The molecule has 2 aromatic heterocycles. The SMILES string of the molecule is COC.O=Cc1cnc(N2CC3CCCCC3C2)c(F)c1.OCc1c(-c2ccccc2OC(F)F)noc1C1CC1. The molecule has 3 aromatic rings. The number of hydrogen-bond donors (Lipinski definition) is 1. The van der Waals surface area contributed by atoms with Crippen molar-refractivity contribution in [1.82, 2.24) is 10.1 Å². The smallest absolute Gasteiger partial charge is 0.387 e. The van der Waals surface area contributed by atoms with Crippen molar-refractivity contribution in [3.63, 3.8) is 0 Å². The van der Waals surface area contributed by atoms with Gasteiger partial charge in [-0.1, -0.05) is 30.1 Å². The quantitative estimate of drug-likeness (QED) is 0.331. The van der Waals surface area contributed by atoms with Gasteiger partial charge in [0.1, 0.15) is 17.2 Å². The van der Waals surface area contributed by atoms with Crippen LogP contribution in [0.1, 0.15) is 66.1 Å². The lowest BCUT2D eigenvalue weighted by molar-refractivity contribution is -0.0494. The van der Waals surface area contributed by atoms with Gasteiger partial charge in [0.15, 0.2) is 17.9 Å². The van der Waals surface area contributed by atoms with Crippen molar-refractivity contribution in [1.29, 1.82) is 0 Å². The first-order valence-electron chi connectivity index (χ1n) is 13.8. The van der Waals surface area contributed by atoms with Crippen LogP contribution in [-0.4, -0.2) is 55.5 Å². The Morgan fingerprint density at radius 3 is 2.34 bits per heavy atom. The van der Waals surface area contributed by atoms with Crippen LogP contribution in [0, 0.1) is 17.7 Å². The third kappa shape index (κ3) is 7.65. The number of aliphatic hydroxyl groups is 1. The van der Waals surface area contributed by atoms with Crippen LogP contribution in [-0.2, 0) is 11.3 Å². The summed E-state index contributed by atoms with van der Waals surface area (Å²) in [4.78, 5) is 16.7. The molecule has 1 saturated heterocycles. The second kappa shape index (κ2) is 14.5. The number of fused-ring (bicyclic) bond motifs is 1. The molecule has 2 unspecified atom stereocenters. The second-order valence-electron chi connectivity index (χ2n) is 10.5. The number of aromatic nitrogens is 2. The van der Waals surface area contributed by atoms with Crippen molar-refractivity contribution < 1.29 is 37.1 Å². The molecule has 0 amide bonds. The van der Waals surface area contributed by atoms with Gasteiger partial charge in [0.25, 0.3) is 0 Å². The van der Waals surface area contributed by atoms with Crippen LogP contribution in [0.3, 0.4) is 0 Å². The maximum Gasteiger partial charge on any atom is 0.387 e. The summed E-state index contributed by atoms with van der Waals surface area (Å²) in [6.07, 6.45) is 9.19. The number of para-hydroxylation sites is 1. The van der Waals surface area contributed by atoms with Crippen molar-refractivity contribution in [3.8, 4) is 17.0 Å². The van der Waals surface area contributed by atoms with Gasteiger partial charge in [0.05, 0.1) is 6.61 Å². The van der Waals surface area contributed by atoms with Crippen molar-refractivity contribution in [2.75, 3.05) is 32.2 Å². The molecule has 3 heterocycles. The molecule has 1 aliphatic heterocycles. The Balaban J connectivity index is 0.000000173. The molecule has 2 atom stereocenters. The number of hydrogen-bond acceptors (Lipinski definition) is 8. The van der Waals surface area contributed by atoms with Gasteiger partial charge in [0, 0.05) is 56.1 Å². The average Bonchev–Trinajstić information content (AvgIpc) is 3.57. The van der Waals surface area contributed by atoms with E-state index in [1.165, 1.54) is 44.0 Å². The number of rotatable bonds is 7. The molecule has 1 N–H and O–H groups in total. The highest BCUT2D eigenvalue weighted by Crippen LogP contribution is 2.45. The molecule has 41 heavy (non-hydrogen) atoms. The number of alkyl halides is 2. The molecule has 3 fully saturated rings. The lowest BCUT2D eigenvalue weighted by Crippen LogP contribution is -2.22. The predicted octanol–water partition coefficient (Wildman–Crippen LogP) is 6.23. The maximum atomic E-state index is 13.9. The monoisotopic (exact) mass is 575 g/mol. The summed E-state index contributed by atoms with van der Waals surface area (Å²) in [5.74, 6) is 2.38. The highest BCUT2D eigenvalue weighted by molar-refractivity contribution is 5.74. The predicted molar refractivity (Wildman–Crippen MR) is 147 cm³/mol. The van der Waals surface area contributed by atoms with Gasteiger partial charge in [-0.25, -0.2) is 9.37 Å². The fourth-order valence-electron chi connectivity index (χ4n) is 5.54. The third-order valence-electron chi connectivity index (χ3n) is 7.54. The molecule has 2 saturated carbocycles. The molecule has 0 spiro atoms. The van der Waals surface area contributed by atoms with Gasteiger partial charge in [0.2, 0.25) is 0 Å². The van der Waals surface area contributed by atoms with E-state index in [9.17, 15) is 23.1 Å². The molecule has 222 valence electrons. The minimum atomic E-state index is -2.91. The van der Waals surface area contributed by atoms with Gasteiger partial charge >= 0.3 is 6.61 Å². The molecular formula is C30H36F3N3O5. The van der Waals surface area contributed by atoms with E-state index in [0.29, 0.717) is 52.1 Å². The Hall–Kier alpha value is -3.44. The van der Waals surface area contributed by atoms with Crippen molar-refractivity contribution >= 4 is 12.1 Å². The second-order valence-corrected chi connectivity index (χ2v) is 10.5.